The van der Waals surface area contributed by atoms with E-state index < -0.39 is 0 Å². The van der Waals surface area contributed by atoms with Gasteiger partial charge in [-0.1, -0.05) is 13.8 Å². The van der Waals surface area contributed by atoms with Crippen LogP contribution in [0.3, 0.4) is 0 Å². The lowest BCUT2D eigenvalue weighted by Gasteiger charge is -2.11. The number of urea groups is 1. The fraction of sp³-hybridized carbons (Fsp3) is 0.500. The molecule has 2 rings (SSSR count). The highest BCUT2D eigenvalue weighted by molar-refractivity contribution is 7.13. The Labute approximate surface area is 128 Å². The Morgan fingerprint density at radius 1 is 1.48 bits per heavy atom. The molecule has 2 heterocycles. The molecular formula is C14H21N5OS. The quantitative estimate of drug-likeness (QED) is 0.890. The van der Waals surface area contributed by atoms with E-state index in [4.69, 9.17) is 0 Å². The van der Waals surface area contributed by atoms with Crippen LogP contribution in [-0.4, -0.2) is 20.8 Å². The van der Waals surface area contributed by atoms with Gasteiger partial charge in [-0.05, 0) is 19.3 Å². The SMILES string of the molecule is CC[C@H](C)c1csc(NC(=O)N[C@@H](C)c2cnn(C)c2)n1. The van der Waals surface area contributed by atoms with Gasteiger partial charge in [0.15, 0.2) is 5.13 Å². The molecule has 2 amide bonds. The first kappa shape index (κ1) is 15.5. The summed E-state index contributed by atoms with van der Waals surface area (Å²) in [5, 5.41) is 12.4. The molecule has 7 heteroatoms. The summed E-state index contributed by atoms with van der Waals surface area (Å²) in [5.41, 5.74) is 1.99. The maximum atomic E-state index is 12.0. The van der Waals surface area contributed by atoms with Gasteiger partial charge in [0, 0.05) is 24.2 Å². The van der Waals surface area contributed by atoms with Gasteiger partial charge in [-0.2, -0.15) is 5.10 Å². The van der Waals surface area contributed by atoms with Crippen LogP contribution in [0.4, 0.5) is 9.93 Å². The molecule has 2 aromatic heterocycles. The molecule has 0 aromatic carbocycles. The Morgan fingerprint density at radius 2 is 2.24 bits per heavy atom. The monoisotopic (exact) mass is 307 g/mol. The van der Waals surface area contributed by atoms with E-state index >= 15 is 0 Å². The first-order valence-corrected chi connectivity index (χ1v) is 7.89. The zero-order chi connectivity index (χ0) is 15.4. The smallest absolute Gasteiger partial charge is 0.321 e. The minimum Gasteiger partial charge on any atom is -0.331 e. The lowest BCUT2D eigenvalue weighted by atomic mass is 10.1. The molecule has 2 N–H and O–H groups in total. The highest BCUT2D eigenvalue weighted by atomic mass is 32.1. The van der Waals surface area contributed by atoms with Crippen molar-refractivity contribution in [3.63, 3.8) is 0 Å². The number of anilines is 1. The van der Waals surface area contributed by atoms with Crippen molar-refractivity contribution in [3.8, 4) is 0 Å². The van der Waals surface area contributed by atoms with Gasteiger partial charge in [0.05, 0.1) is 17.9 Å². The number of hydrogen-bond donors (Lipinski definition) is 2. The minimum atomic E-state index is -0.253. The number of rotatable bonds is 5. The average molecular weight is 307 g/mol. The standard InChI is InChI=1S/C14H21N5OS/c1-5-9(2)12-8-21-14(17-12)18-13(20)16-10(3)11-6-15-19(4)7-11/h6-10H,5H2,1-4H3,(H2,16,17,18,20)/t9-,10-/m0/s1. The fourth-order valence-corrected chi connectivity index (χ4v) is 2.68. The topological polar surface area (TPSA) is 71.8 Å². The number of nitrogens with one attached hydrogen (secondary N) is 2. The van der Waals surface area contributed by atoms with Gasteiger partial charge in [0.1, 0.15) is 0 Å². The Kier molecular flexibility index (Phi) is 4.95. The van der Waals surface area contributed by atoms with Crippen LogP contribution >= 0.6 is 11.3 Å². The van der Waals surface area contributed by atoms with E-state index in [1.54, 1.807) is 10.9 Å². The van der Waals surface area contributed by atoms with Gasteiger partial charge in [0.25, 0.3) is 0 Å². The molecule has 0 bridgehead atoms. The molecule has 0 aliphatic rings. The normalized spacial score (nSPS) is 13.7. The van der Waals surface area contributed by atoms with E-state index in [1.807, 2.05) is 25.5 Å². The maximum Gasteiger partial charge on any atom is 0.321 e. The molecule has 0 unspecified atom stereocenters. The van der Waals surface area contributed by atoms with E-state index in [1.165, 1.54) is 11.3 Å². The van der Waals surface area contributed by atoms with Crippen molar-refractivity contribution in [2.45, 2.75) is 39.2 Å². The zero-order valence-corrected chi connectivity index (χ0v) is 13.6. The average Bonchev–Trinajstić information content (AvgIpc) is 3.07. The predicted molar refractivity (Wildman–Crippen MR) is 84.6 cm³/mol. The summed E-state index contributed by atoms with van der Waals surface area (Å²) in [6.45, 7) is 6.17. The molecule has 0 saturated heterocycles. The van der Waals surface area contributed by atoms with Crippen molar-refractivity contribution in [3.05, 3.63) is 29.0 Å². The molecule has 0 radical (unpaired) electrons. The molecule has 2 aromatic rings. The van der Waals surface area contributed by atoms with Crippen LogP contribution < -0.4 is 10.6 Å². The summed E-state index contributed by atoms with van der Waals surface area (Å²) < 4.78 is 1.71. The Balaban J connectivity index is 1.91. The highest BCUT2D eigenvalue weighted by Gasteiger charge is 2.13. The maximum absolute atomic E-state index is 12.0. The van der Waals surface area contributed by atoms with Crippen LogP contribution in [0.25, 0.3) is 0 Å². The highest BCUT2D eigenvalue weighted by Crippen LogP contribution is 2.23. The zero-order valence-electron chi connectivity index (χ0n) is 12.8. The van der Waals surface area contributed by atoms with E-state index in [2.05, 4.69) is 34.6 Å². The molecular weight excluding hydrogens is 286 g/mol. The van der Waals surface area contributed by atoms with Gasteiger partial charge in [-0.25, -0.2) is 9.78 Å². The number of aryl methyl sites for hydroxylation is 1. The second-order valence-corrected chi connectivity index (χ2v) is 6.01. The Bertz CT molecular complexity index is 606. The van der Waals surface area contributed by atoms with Crippen molar-refractivity contribution in [2.75, 3.05) is 5.32 Å². The van der Waals surface area contributed by atoms with Crippen LogP contribution in [-0.2, 0) is 7.05 Å². The summed E-state index contributed by atoms with van der Waals surface area (Å²) in [7, 11) is 1.85. The minimum absolute atomic E-state index is 0.104. The second kappa shape index (κ2) is 6.71. The molecule has 21 heavy (non-hydrogen) atoms. The van der Waals surface area contributed by atoms with Crippen LogP contribution in [0.15, 0.2) is 17.8 Å². The Hall–Kier alpha value is -1.89. The van der Waals surface area contributed by atoms with Crippen molar-refractivity contribution >= 4 is 22.5 Å². The van der Waals surface area contributed by atoms with Gasteiger partial charge < -0.3 is 5.32 Å². The van der Waals surface area contributed by atoms with Crippen LogP contribution in [0.1, 0.15) is 50.4 Å². The van der Waals surface area contributed by atoms with E-state index in [0.29, 0.717) is 11.0 Å². The number of thiazole rings is 1. The first-order valence-electron chi connectivity index (χ1n) is 7.01. The number of hydrogen-bond acceptors (Lipinski definition) is 4. The number of amides is 2. The molecule has 0 spiro atoms. The number of carbonyl (C=O) groups is 1. The number of carbonyl (C=O) groups excluding carboxylic acids is 1. The number of aromatic nitrogens is 3. The van der Waals surface area contributed by atoms with Crippen molar-refractivity contribution in [2.24, 2.45) is 7.05 Å². The summed E-state index contributed by atoms with van der Waals surface area (Å²) in [4.78, 5) is 16.4. The van der Waals surface area contributed by atoms with Crippen LogP contribution in [0.2, 0.25) is 0 Å². The van der Waals surface area contributed by atoms with E-state index in [0.717, 1.165) is 17.7 Å². The molecule has 0 aliphatic heterocycles. The second-order valence-electron chi connectivity index (χ2n) is 5.15. The molecule has 2 atom stereocenters. The van der Waals surface area contributed by atoms with Crippen molar-refractivity contribution in [1.29, 1.82) is 0 Å². The molecule has 0 aliphatic carbocycles. The third-order valence-electron chi connectivity index (χ3n) is 3.43. The molecule has 0 saturated carbocycles. The van der Waals surface area contributed by atoms with Gasteiger partial charge in [-0.3, -0.25) is 10.00 Å². The van der Waals surface area contributed by atoms with Crippen LogP contribution in [0, 0.1) is 0 Å². The van der Waals surface area contributed by atoms with E-state index in [-0.39, 0.29) is 12.1 Å². The molecule has 114 valence electrons. The molecule has 6 nitrogen and oxygen atoms in total. The summed E-state index contributed by atoms with van der Waals surface area (Å²) in [5.74, 6) is 0.411. The van der Waals surface area contributed by atoms with Crippen LogP contribution in [0.5, 0.6) is 0 Å². The Morgan fingerprint density at radius 3 is 2.86 bits per heavy atom. The van der Waals surface area contributed by atoms with E-state index in [9.17, 15) is 4.79 Å². The van der Waals surface area contributed by atoms with Gasteiger partial charge in [0.2, 0.25) is 0 Å². The lowest BCUT2D eigenvalue weighted by molar-refractivity contribution is 0.249. The third-order valence-corrected chi connectivity index (χ3v) is 4.21. The van der Waals surface area contributed by atoms with Crippen molar-refractivity contribution in [1.82, 2.24) is 20.1 Å². The first-order chi connectivity index (χ1) is 9.99. The van der Waals surface area contributed by atoms with Gasteiger partial charge >= 0.3 is 6.03 Å². The van der Waals surface area contributed by atoms with Gasteiger partial charge in [-0.15, -0.1) is 11.3 Å². The third kappa shape index (κ3) is 4.04. The fourth-order valence-electron chi connectivity index (χ4n) is 1.86. The largest absolute Gasteiger partial charge is 0.331 e. The lowest BCUT2D eigenvalue weighted by Crippen LogP contribution is -2.31. The van der Waals surface area contributed by atoms with Crippen molar-refractivity contribution < 1.29 is 4.79 Å². The summed E-state index contributed by atoms with van der Waals surface area (Å²) in [6, 6.07) is -0.357. The molecule has 0 fully saturated rings. The summed E-state index contributed by atoms with van der Waals surface area (Å²) in [6.07, 6.45) is 4.66. The predicted octanol–water partition coefficient (Wildman–Crippen LogP) is 3.27. The summed E-state index contributed by atoms with van der Waals surface area (Å²) >= 11 is 1.45. The number of nitrogens with zero attached hydrogens (tertiary/aromatic N) is 3.